The number of nitrogens with one attached hydrogen (secondary N) is 1. The molecule has 3 N–H and O–H groups in total. The number of nitrogens with two attached hydrogens (primary N) is 1. The van der Waals surface area contributed by atoms with E-state index in [-0.39, 0.29) is 5.82 Å². The maximum Gasteiger partial charge on any atom is 0.416 e. The van der Waals surface area contributed by atoms with Gasteiger partial charge in [-0.15, -0.1) is 11.8 Å². The van der Waals surface area contributed by atoms with Gasteiger partial charge in [-0.25, -0.2) is 10.8 Å². The molecule has 3 nitrogen and oxygen atoms in total. The van der Waals surface area contributed by atoms with Crippen LogP contribution in [0.15, 0.2) is 17.2 Å². The minimum absolute atomic E-state index is 0.0304. The number of hydrogen-bond donors (Lipinski definition) is 2. The van der Waals surface area contributed by atoms with E-state index in [2.05, 4.69) is 17.3 Å². The number of unbranched alkanes of at least 4 members (excludes halogenated alkanes) is 2. The van der Waals surface area contributed by atoms with Crippen molar-refractivity contribution >= 4 is 17.6 Å². The Labute approximate surface area is 108 Å². The molecular weight excluding hydrogens is 263 g/mol. The number of halogens is 3. The zero-order chi connectivity index (χ0) is 13.6. The standard InChI is InChI=1S/C11H16F3N3S/c1-2-3-4-5-18-10-7-8(11(12,13)14)6-9(16-10)17-15/h6-7H,2-5,15H2,1H3,(H,16,17). The molecule has 1 aromatic heterocycles. The molecule has 0 aliphatic heterocycles. The molecular formula is C11H16F3N3S. The largest absolute Gasteiger partial charge is 0.416 e. The number of hydrogen-bond acceptors (Lipinski definition) is 4. The lowest BCUT2D eigenvalue weighted by molar-refractivity contribution is -0.137. The number of nitrogens with zero attached hydrogens (tertiary/aromatic N) is 1. The summed E-state index contributed by atoms with van der Waals surface area (Å²) in [5.74, 6) is 5.90. The highest BCUT2D eigenvalue weighted by atomic mass is 32.2. The summed E-state index contributed by atoms with van der Waals surface area (Å²) in [6.45, 7) is 2.07. The molecule has 102 valence electrons. The third-order valence-corrected chi connectivity index (χ3v) is 3.27. The lowest BCUT2D eigenvalue weighted by Crippen LogP contribution is -2.12. The molecule has 1 heterocycles. The second kappa shape index (κ2) is 6.84. The second-order valence-electron chi connectivity index (χ2n) is 3.78. The second-order valence-corrected chi connectivity index (χ2v) is 4.89. The predicted octanol–water partition coefficient (Wildman–Crippen LogP) is 3.67. The zero-order valence-corrected chi connectivity index (χ0v) is 10.9. The molecule has 18 heavy (non-hydrogen) atoms. The monoisotopic (exact) mass is 279 g/mol. The number of thioether (sulfide) groups is 1. The molecule has 0 saturated heterocycles. The van der Waals surface area contributed by atoms with Crippen molar-refractivity contribution in [2.24, 2.45) is 5.84 Å². The average Bonchev–Trinajstić information content (AvgIpc) is 2.33. The first-order valence-electron chi connectivity index (χ1n) is 5.66. The summed E-state index contributed by atoms with van der Waals surface area (Å²) >= 11 is 1.31. The molecule has 0 fully saturated rings. The Bertz CT molecular complexity index is 382. The molecule has 0 bridgehead atoms. The molecule has 0 amide bonds. The zero-order valence-electron chi connectivity index (χ0n) is 10.0. The van der Waals surface area contributed by atoms with Crippen LogP contribution in [-0.2, 0) is 6.18 Å². The van der Waals surface area contributed by atoms with Crippen molar-refractivity contribution in [2.75, 3.05) is 11.2 Å². The van der Waals surface area contributed by atoms with E-state index in [1.165, 1.54) is 11.8 Å². The van der Waals surface area contributed by atoms with Crippen molar-refractivity contribution in [3.05, 3.63) is 17.7 Å². The summed E-state index contributed by atoms with van der Waals surface area (Å²) in [6, 6.07) is 1.95. The van der Waals surface area contributed by atoms with Gasteiger partial charge in [0.05, 0.1) is 10.6 Å². The lowest BCUT2D eigenvalue weighted by atomic mass is 10.2. The molecule has 0 spiro atoms. The molecule has 1 rings (SSSR count). The molecule has 1 aromatic rings. The highest BCUT2D eigenvalue weighted by Gasteiger charge is 2.31. The molecule has 7 heteroatoms. The molecule has 0 unspecified atom stereocenters. The summed E-state index contributed by atoms with van der Waals surface area (Å²) in [6.07, 6.45) is -1.28. The van der Waals surface area contributed by atoms with Crippen LogP contribution < -0.4 is 11.3 Å². The average molecular weight is 279 g/mol. The lowest BCUT2D eigenvalue weighted by Gasteiger charge is -2.10. The maximum atomic E-state index is 12.6. The van der Waals surface area contributed by atoms with Crippen LogP contribution in [0.2, 0.25) is 0 Å². The van der Waals surface area contributed by atoms with Crippen LogP contribution in [-0.4, -0.2) is 10.7 Å². The van der Waals surface area contributed by atoms with E-state index in [0.717, 1.165) is 37.1 Å². The predicted molar refractivity (Wildman–Crippen MR) is 67.3 cm³/mol. The maximum absolute atomic E-state index is 12.6. The number of aromatic nitrogens is 1. The van der Waals surface area contributed by atoms with Crippen molar-refractivity contribution in [3.8, 4) is 0 Å². The van der Waals surface area contributed by atoms with Crippen molar-refractivity contribution in [3.63, 3.8) is 0 Å². The molecule has 0 atom stereocenters. The fourth-order valence-corrected chi connectivity index (χ4v) is 2.28. The van der Waals surface area contributed by atoms with Gasteiger partial charge in [0.2, 0.25) is 0 Å². The Hall–Kier alpha value is -0.950. The third-order valence-electron chi connectivity index (χ3n) is 2.27. The summed E-state index contributed by atoms with van der Waals surface area (Å²) < 4.78 is 37.9. The van der Waals surface area contributed by atoms with Crippen LogP contribution in [0.3, 0.4) is 0 Å². The Morgan fingerprint density at radius 1 is 1.33 bits per heavy atom. The molecule has 0 aliphatic carbocycles. The minimum atomic E-state index is -4.38. The number of nitrogen functional groups attached to an aromatic ring is 1. The number of pyridine rings is 1. The van der Waals surface area contributed by atoms with Crippen molar-refractivity contribution in [1.82, 2.24) is 4.98 Å². The van der Waals surface area contributed by atoms with Gasteiger partial charge in [0.1, 0.15) is 5.82 Å². The van der Waals surface area contributed by atoms with Gasteiger partial charge < -0.3 is 5.43 Å². The van der Waals surface area contributed by atoms with Gasteiger partial charge in [-0.3, -0.25) is 0 Å². The van der Waals surface area contributed by atoms with Gasteiger partial charge >= 0.3 is 6.18 Å². The first-order chi connectivity index (χ1) is 8.47. The van der Waals surface area contributed by atoms with Crippen molar-refractivity contribution < 1.29 is 13.2 Å². The smallest absolute Gasteiger partial charge is 0.308 e. The molecule has 0 saturated carbocycles. The Morgan fingerprint density at radius 2 is 2.06 bits per heavy atom. The van der Waals surface area contributed by atoms with Gasteiger partial charge in [0, 0.05) is 0 Å². The first-order valence-corrected chi connectivity index (χ1v) is 6.64. The van der Waals surface area contributed by atoms with Crippen LogP contribution >= 0.6 is 11.8 Å². The van der Waals surface area contributed by atoms with Gasteiger partial charge in [-0.2, -0.15) is 13.2 Å². The quantitative estimate of drug-likeness (QED) is 0.361. The van der Waals surface area contributed by atoms with Gasteiger partial charge in [0.25, 0.3) is 0 Å². The van der Waals surface area contributed by atoms with Gasteiger partial charge in [-0.05, 0) is 24.3 Å². The Kier molecular flexibility index (Phi) is 5.74. The topological polar surface area (TPSA) is 50.9 Å². The van der Waals surface area contributed by atoms with Crippen molar-refractivity contribution in [2.45, 2.75) is 37.4 Å². The minimum Gasteiger partial charge on any atom is -0.308 e. The molecule has 0 radical (unpaired) electrons. The summed E-state index contributed by atoms with van der Waals surface area (Å²) in [5.41, 5.74) is 1.42. The van der Waals surface area contributed by atoms with Crippen LogP contribution in [0, 0.1) is 0 Å². The van der Waals surface area contributed by atoms with E-state index >= 15 is 0 Å². The summed E-state index contributed by atoms with van der Waals surface area (Å²) in [5, 5.41) is 0.342. The van der Waals surface area contributed by atoms with E-state index in [0.29, 0.717) is 5.03 Å². The highest BCUT2D eigenvalue weighted by molar-refractivity contribution is 7.99. The SMILES string of the molecule is CCCCCSc1cc(C(F)(F)F)cc(NN)n1. The van der Waals surface area contributed by atoms with Crippen molar-refractivity contribution in [1.29, 1.82) is 0 Å². The number of rotatable bonds is 6. The van der Waals surface area contributed by atoms with E-state index < -0.39 is 11.7 Å². The Balaban J connectivity index is 2.78. The van der Waals surface area contributed by atoms with Crippen LogP contribution in [0.4, 0.5) is 19.0 Å². The van der Waals surface area contributed by atoms with Gasteiger partial charge in [-0.1, -0.05) is 19.8 Å². The normalized spacial score (nSPS) is 11.6. The van der Waals surface area contributed by atoms with E-state index in [1.807, 2.05) is 0 Å². The van der Waals surface area contributed by atoms with E-state index in [1.54, 1.807) is 0 Å². The summed E-state index contributed by atoms with van der Waals surface area (Å²) in [4.78, 5) is 3.99. The van der Waals surface area contributed by atoms with Crippen LogP contribution in [0.25, 0.3) is 0 Å². The van der Waals surface area contributed by atoms with E-state index in [4.69, 9.17) is 5.84 Å². The number of anilines is 1. The highest BCUT2D eigenvalue weighted by Crippen LogP contribution is 2.33. The Morgan fingerprint density at radius 3 is 2.61 bits per heavy atom. The third kappa shape index (κ3) is 4.73. The fraction of sp³-hybridized carbons (Fsp3) is 0.545. The number of hydrazine groups is 1. The van der Waals surface area contributed by atoms with E-state index in [9.17, 15) is 13.2 Å². The number of alkyl halides is 3. The van der Waals surface area contributed by atoms with Crippen LogP contribution in [0.5, 0.6) is 0 Å². The van der Waals surface area contributed by atoms with Gasteiger partial charge in [0.15, 0.2) is 0 Å². The summed E-state index contributed by atoms with van der Waals surface area (Å²) in [7, 11) is 0. The fourth-order valence-electron chi connectivity index (χ4n) is 1.35. The molecule has 0 aromatic carbocycles. The molecule has 0 aliphatic rings. The first kappa shape index (κ1) is 15.1. The van der Waals surface area contributed by atoms with Crippen LogP contribution in [0.1, 0.15) is 31.7 Å².